The molecule has 0 fully saturated rings. The van der Waals surface area contributed by atoms with Crippen LogP contribution in [-0.2, 0) is 0 Å². The first-order valence-electron chi connectivity index (χ1n) is 4.81. The quantitative estimate of drug-likeness (QED) is 0.773. The van der Waals surface area contributed by atoms with Crippen molar-refractivity contribution in [2.24, 2.45) is 0 Å². The molecule has 0 aliphatic carbocycles. The van der Waals surface area contributed by atoms with Crippen LogP contribution in [0, 0.1) is 6.92 Å². The van der Waals surface area contributed by atoms with Gasteiger partial charge in [-0.15, -0.1) is 0 Å². The monoisotopic (exact) mass is 179 g/mol. The van der Waals surface area contributed by atoms with Crippen LogP contribution in [0.4, 0.5) is 0 Å². The molecule has 1 unspecified atom stereocenters. The Kier molecular flexibility index (Phi) is 3.29. The normalized spacial score (nSPS) is 12.8. The standard InChI is InChI=1S/C11H17NO/c1-4-5-8(2)11-9(3)6-7-10(13)12-11/h6-8H,4-5H2,1-3H3,(H,12,13). The number of aromatic nitrogens is 1. The van der Waals surface area contributed by atoms with Gasteiger partial charge in [0.1, 0.15) is 0 Å². The predicted octanol–water partition coefficient (Wildman–Crippen LogP) is 3.00. The molecule has 1 N–H and O–H groups in total. The molecular weight excluding hydrogens is 162 g/mol. The van der Waals surface area contributed by atoms with Gasteiger partial charge < -0.3 is 5.11 Å². The highest BCUT2D eigenvalue weighted by Gasteiger charge is 2.09. The molecule has 1 rings (SSSR count). The van der Waals surface area contributed by atoms with Crippen molar-refractivity contribution in [3.05, 3.63) is 23.4 Å². The molecule has 13 heavy (non-hydrogen) atoms. The van der Waals surface area contributed by atoms with Gasteiger partial charge in [0.15, 0.2) is 0 Å². The first kappa shape index (κ1) is 10.0. The van der Waals surface area contributed by atoms with Crippen LogP contribution >= 0.6 is 0 Å². The number of hydrogen-bond donors (Lipinski definition) is 1. The zero-order chi connectivity index (χ0) is 9.84. The minimum atomic E-state index is 0.128. The Hall–Kier alpha value is -1.05. The van der Waals surface area contributed by atoms with E-state index < -0.39 is 0 Å². The zero-order valence-corrected chi connectivity index (χ0v) is 8.54. The van der Waals surface area contributed by atoms with E-state index >= 15 is 0 Å². The molecule has 0 spiro atoms. The summed E-state index contributed by atoms with van der Waals surface area (Å²) in [4.78, 5) is 4.15. The fourth-order valence-electron chi connectivity index (χ4n) is 1.60. The second kappa shape index (κ2) is 4.26. The van der Waals surface area contributed by atoms with Crippen LogP contribution in [-0.4, -0.2) is 10.1 Å². The predicted molar refractivity (Wildman–Crippen MR) is 54.0 cm³/mol. The van der Waals surface area contributed by atoms with Gasteiger partial charge in [0, 0.05) is 6.07 Å². The third-order valence-electron chi connectivity index (χ3n) is 2.31. The lowest BCUT2D eigenvalue weighted by atomic mass is 9.98. The van der Waals surface area contributed by atoms with Gasteiger partial charge in [-0.1, -0.05) is 26.3 Å². The van der Waals surface area contributed by atoms with Gasteiger partial charge in [0.25, 0.3) is 0 Å². The van der Waals surface area contributed by atoms with Crippen molar-refractivity contribution in [3.63, 3.8) is 0 Å². The molecule has 1 aromatic heterocycles. The van der Waals surface area contributed by atoms with E-state index in [1.807, 2.05) is 13.0 Å². The highest BCUT2D eigenvalue weighted by Crippen LogP contribution is 2.23. The molecular formula is C11H17NO. The first-order chi connectivity index (χ1) is 6.15. The van der Waals surface area contributed by atoms with Crippen LogP contribution in [0.1, 0.15) is 43.9 Å². The van der Waals surface area contributed by atoms with Gasteiger partial charge in [-0.25, -0.2) is 4.98 Å². The number of nitrogens with zero attached hydrogens (tertiary/aromatic N) is 1. The lowest BCUT2D eigenvalue weighted by Gasteiger charge is -2.12. The average molecular weight is 179 g/mol. The summed E-state index contributed by atoms with van der Waals surface area (Å²) in [5.41, 5.74) is 2.20. The van der Waals surface area contributed by atoms with Crippen molar-refractivity contribution < 1.29 is 5.11 Å². The molecule has 0 radical (unpaired) electrons. The lowest BCUT2D eigenvalue weighted by molar-refractivity contribution is 0.447. The topological polar surface area (TPSA) is 33.1 Å². The highest BCUT2D eigenvalue weighted by molar-refractivity contribution is 5.26. The third-order valence-corrected chi connectivity index (χ3v) is 2.31. The molecule has 0 aliphatic heterocycles. The van der Waals surface area contributed by atoms with E-state index in [1.165, 1.54) is 5.56 Å². The molecule has 1 aromatic rings. The molecule has 1 atom stereocenters. The summed E-state index contributed by atoms with van der Waals surface area (Å²) in [6, 6.07) is 3.56. The molecule has 1 heterocycles. The molecule has 0 amide bonds. The molecule has 0 aromatic carbocycles. The fourth-order valence-corrected chi connectivity index (χ4v) is 1.60. The van der Waals surface area contributed by atoms with Crippen molar-refractivity contribution in [3.8, 4) is 5.88 Å². The maximum absolute atomic E-state index is 9.24. The third kappa shape index (κ3) is 2.44. The van der Waals surface area contributed by atoms with E-state index in [9.17, 15) is 5.11 Å². The minimum absolute atomic E-state index is 0.128. The summed E-state index contributed by atoms with van der Waals surface area (Å²) in [7, 11) is 0. The molecule has 0 saturated heterocycles. The minimum Gasteiger partial charge on any atom is -0.493 e. The molecule has 0 aliphatic rings. The molecule has 0 saturated carbocycles. The Balaban J connectivity index is 2.91. The fraction of sp³-hybridized carbons (Fsp3) is 0.545. The van der Waals surface area contributed by atoms with Crippen molar-refractivity contribution in [1.29, 1.82) is 0 Å². The van der Waals surface area contributed by atoms with Crippen LogP contribution in [0.15, 0.2) is 12.1 Å². The smallest absolute Gasteiger partial charge is 0.210 e. The maximum atomic E-state index is 9.24. The maximum Gasteiger partial charge on any atom is 0.210 e. The van der Waals surface area contributed by atoms with Gasteiger partial charge >= 0.3 is 0 Å². The van der Waals surface area contributed by atoms with Crippen molar-refractivity contribution in [2.45, 2.75) is 39.5 Å². The second-order valence-electron chi connectivity index (χ2n) is 3.56. The molecule has 2 nitrogen and oxygen atoms in total. The van der Waals surface area contributed by atoms with Gasteiger partial charge in [0.05, 0.1) is 5.69 Å². The van der Waals surface area contributed by atoms with E-state index in [1.54, 1.807) is 6.07 Å². The number of aromatic hydroxyl groups is 1. The number of rotatable bonds is 3. The molecule has 2 heteroatoms. The van der Waals surface area contributed by atoms with E-state index in [-0.39, 0.29) is 5.88 Å². The summed E-state index contributed by atoms with van der Waals surface area (Å²) in [5, 5.41) is 9.24. The number of aryl methyl sites for hydroxylation is 1. The number of hydrogen-bond acceptors (Lipinski definition) is 2. The van der Waals surface area contributed by atoms with Crippen molar-refractivity contribution in [2.75, 3.05) is 0 Å². The zero-order valence-electron chi connectivity index (χ0n) is 8.54. The Morgan fingerprint density at radius 3 is 2.77 bits per heavy atom. The summed E-state index contributed by atoms with van der Waals surface area (Å²) in [6.45, 7) is 6.35. The Morgan fingerprint density at radius 2 is 2.15 bits per heavy atom. The van der Waals surface area contributed by atoms with E-state index in [0.29, 0.717) is 5.92 Å². The highest BCUT2D eigenvalue weighted by atomic mass is 16.3. The van der Waals surface area contributed by atoms with E-state index in [2.05, 4.69) is 18.8 Å². The van der Waals surface area contributed by atoms with Gasteiger partial charge in [-0.2, -0.15) is 0 Å². The molecule has 0 bridgehead atoms. The SMILES string of the molecule is CCCC(C)c1nc(O)ccc1C. The summed E-state index contributed by atoms with van der Waals surface area (Å²) < 4.78 is 0. The summed E-state index contributed by atoms with van der Waals surface area (Å²) in [6.07, 6.45) is 2.27. The van der Waals surface area contributed by atoms with Crippen molar-refractivity contribution in [1.82, 2.24) is 4.98 Å². The lowest BCUT2D eigenvalue weighted by Crippen LogP contribution is -1.99. The van der Waals surface area contributed by atoms with Crippen LogP contribution in [0.5, 0.6) is 5.88 Å². The molecule has 72 valence electrons. The van der Waals surface area contributed by atoms with Gasteiger partial charge in [-0.3, -0.25) is 0 Å². The van der Waals surface area contributed by atoms with Crippen LogP contribution in [0.25, 0.3) is 0 Å². The van der Waals surface area contributed by atoms with Gasteiger partial charge in [0.2, 0.25) is 5.88 Å². The van der Waals surface area contributed by atoms with Crippen molar-refractivity contribution >= 4 is 0 Å². The first-order valence-corrected chi connectivity index (χ1v) is 4.81. The summed E-state index contributed by atoms with van der Waals surface area (Å²) in [5.74, 6) is 0.570. The Bertz CT molecular complexity index is 283. The van der Waals surface area contributed by atoms with Crippen LogP contribution < -0.4 is 0 Å². The van der Waals surface area contributed by atoms with E-state index in [0.717, 1.165) is 18.5 Å². The largest absolute Gasteiger partial charge is 0.493 e. The number of pyridine rings is 1. The Morgan fingerprint density at radius 1 is 1.46 bits per heavy atom. The van der Waals surface area contributed by atoms with E-state index in [4.69, 9.17) is 0 Å². The van der Waals surface area contributed by atoms with Gasteiger partial charge in [-0.05, 0) is 24.8 Å². The summed E-state index contributed by atoms with van der Waals surface area (Å²) >= 11 is 0. The Labute approximate surface area is 79.6 Å². The average Bonchev–Trinajstić information content (AvgIpc) is 2.09. The second-order valence-corrected chi connectivity index (χ2v) is 3.56. The van der Waals surface area contributed by atoms with Crippen LogP contribution in [0.3, 0.4) is 0 Å². The van der Waals surface area contributed by atoms with Crippen LogP contribution in [0.2, 0.25) is 0 Å².